The lowest BCUT2D eigenvalue weighted by Gasteiger charge is -2.16. The van der Waals surface area contributed by atoms with Crippen LogP contribution in [0.25, 0.3) is 11.8 Å². The summed E-state index contributed by atoms with van der Waals surface area (Å²) in [5, 5.41) is 2.57. The summed E-state index contributed by atoms with van der Waals surface area (Å²) < 4.78 is 46.6. The minimum absolute atomic E-state index is 0.00422. The van der Waals surface area contributed by atoms with Crippen molar-refractivity contribution in [1.82, 2.24) is 9.88 Å². The van der Waals surface area contributed by atoms with Crippen LogP contribution in [0.2, 0.25) is 0 Å². The second kappa shape index (κ2) is 7.27. The third-order valence-electron chi connectivity index (χ3n) is 4.80. The average Bonchev–Trinajstić information content (AvgIpc) is 3.08. The average molecular weight is 404 g/mol. The fourth-order valence-corrected chi connectivity index (χ4v) is 3.49. The topological polar surface area (TPSA) is 60.3 Å². The van der Waals surface area contributed by atoms with E-state index in [0.717, 1.165) is 6.07 Å². The molecule has 1 N–H and O–H groups in total. The molecule has 3 rings (SSSR count). The minimum atomic E-state index is -4.51. The van der Waals surface area contributed by atoms with Crippen LogP contribution in [0.15, 0.2) is 47.2 Å². The second-order valence-electron chi connectivity index (χ2n) is 6.68. The first-order valence-corrected chi connectivity index (χ1v) is 8.74. The van der Waals surface area contributed by atoms with Gasteiger partial charge in [-0.3, -0.25) is 4.79 Å². The molecule has 1 amide bonds. The molecule has 0 unspecified atom stereocenters. The standard InChI is InChI=1S/C21H19F3N2O3/c1-11-9-14(10-15-18(20(28)29-4)12(2)25-19(15)27)13(3)26(11)17-8-6-5-7-16(17)21(22,23)24/h5-10H,1-4H3,(H,25,27). The van der Waals surface area contributed by atoms with Crippen molar-refractivity contribution in [3.63, 3.8) is 0 Å². The Hall–Kier alpha value is -3.29. The summed E-state index contributed by atoms with van der Waals surface area (Å²) in [6.45, 7) is 4.92. The van der Waals surface area contributed by atoms with Crippen molar-refractivity contribution < 1.29 is 27.5 Å². The van der Waals surface area contributed by atoms with Crippen molar-refractivity contribution >= 4 is 18.0 Å². The summed E-state index contributed by atoms with van der Waals surface area (Å²) >= 11 is 0. The van der Waals surface area contributed by atoms with Gasteiger partial charge < -0.3 is 14.6 Å². The number of nitrogens with one attached hydrogen (secondary N) is 1. The van der Waals surface area contributed by atoms with Crippen molar-refractivity contribution in [3.8, 4) is 5.69 Å². The minimum Gasteiger partial charge on any atom is -0.465 e. The van der Waals surface area contributed by atoms with Crippen molar-refractivity contribution in [1.29, 1.82) is 0 Å². The first kappa shape index (κ1) is 20.4. The maximum Gasteiger partial charge on any atom is 0.418 e. The van der Waals surface area contributed by atoms with E-state index in [9.17, 15) is 22.8 Å². The molecular formula is C21H19F3N2O3. The largest absolute Gasteiger partial charge is 0.465 e. The first-order valence-electron chi connectivity index (χ1n) is 8.74. The van der Waals surface area contributed by atoms with Crippen LogP contribution in [-0.2, 0) is 20.5 Å². The molecule has 29 heavy (non-hydrogen) atoms. The Labute approximate surface area is 165 Å². The van der Waals surface area contributed by atoms with E-state index in [4.69, 9.17) is 4.74 Å². The summed E-state index contributed by atoms with van der Waals surface area (Å²) in [4.78, 5) is 24.4. The molecular weight excluding hydrogens is 385 g/mol. The van der Waals surface area contributed by atoms with Crippen LogP contribution in [0, 0.1) is 13.8 Å². The predicted molar refractivity (Wildman–Crippen MR) is 101 cm³/mol. The number of para-hydroxylation sites is 1. The van der Waals surface area contributed by atoms with Crippen LogP contribution < -0.4 is 5.32 Å². The van der Waals surface area contributed by atoms with Gasteiger partial charge in [0.25, 0.3) is 5.91 Å². The second-order valence-corrected chi connectivity index (χ2v) is 6.68. The third kappa shape index (κ3) is 3.57. The van der Waals surface area contributed by atoms with Gasteiger partial charge >= 0.3 is 12.1 Å². The maximum absolute atomic E-state index is 13.5. The molecule has 0 saturated heterocycles. The van der Waals surface area contributed by atoms with E-state index in [1.807, 2.05) is 0 Å². The van der Waals surface area contributed by atoms with Crippen LogP contribution >= 0.6 is 0 Å². The number of halogens is 3. The van der Waals surface area contributed by atoms with Crippen LogP contribution in [-0.4, -0.2) is 23.6 Å². The molecule has 5 nitrogen and oxygen atoms in total. The normalized spacial score (nSPS) is 15.8. The summed E-state index contributed by atoms with van der Waals surface area (Å²) in [5.41, 5.74) is 1.42. The highest BCUT2D eigenvalue weighted by atomic mass is 19.4. The van der Waals surface area contributed by atoms with Crippen molar-refractivity contribution in [3.05, 3.63) is 69.7 Å². The molecule has 0 radical (unpaired) electrons. The highest BCUT2D eigenvalue weighted by Crippen LogP contribution is 2.36. The lowest BCUT2D eigenvalue weighted by molar-refractivity contribution is -0.137. The van der Waals surface area contributed by atoms with Crippen LogP contribution in [0.1, 0.15) is 29.4 Å². The number of carbonyl (C=O) groups excluding carboxylic acids is 2. The van der Waals surface area contributed by atoms with Gasteiger partial charge in [0.2, 0.25) is 0 Å². The highest BCUT2D eigenvalue weighted by molar-refractivity contribution is 6.16. The molecule has 2 aromatic rings. The number of amides is 1. The van der Waals surface area contributed by atoms with Gasteiger partial charge in [-0.05, 0) is 50.6 Å². The number of benzene rings is 1. The summed E-state index contributed by atoms with van der Waals surface area (Å²) in [7, 11) is 1.21. The third-order valence-corrected chi connectivity index (χ3v) is 4.80. The lowest BCUT2D eigenvalue weighted by atomic mass is 10.0. The molecule has 0 aliphatic carbocycles. The van der Waals surface area contributed by atoms with E-state index in [1.165, 1.54) is 36.0 Å². The Morgan fingerprint density at radius 2 is 1.83 bits per heavy atom. The quantitative estimate of drug-likeness (QED) is 0.620. The van der Waals surface area contributed by atoms with Crippen molar-refractivity contribution in [2.45, 2.75) is 26.9 Å². The Morgan fingerprint density at radius 1 is 1.17 bits per heavy atom. The van der Waals surface area contributed by atoms with E-state index >= 15 is 0 Å². The predicted octanol–water partition coefficient (Wildman–Crippen LogP) is 4.07. The SMILES string of the molecule is COC(=O)C1=C(C)NC(=O)C1=Cc1cc(C)n(-c2ccccc2C(F)(F)F)c1C. The van der Waals surface area contributed by atoms with E-state index in [1.54, 1.807) is 26.8 Å². The number of alkyl halides is 3. The summed E-state index contributed by atoms with van der Waals surface area (Å²) in [6.07, 6.45) is -3.02. The van der Waals surface area contributed by atoms with Gasteiger partial charge in [-0.15, -0.1) is 0 Å². The number of ether oxygens (including phenoxy) is 1. The van der Waals surface area contributed by atoms with Crippen LogP contribution in [0.3, 0.4) is 0 Å². The Kier molecular flexibility index (Phi) is 5.13. The maximum atomic E-state index is 13.5. The zero-order chi connectivity index (χ0) is 21.5. The molecule has 0 spiro atoms. The molecule has 0 bridgehead atoms. The number of allylic oxidation sites excluding steroid dienone is 1. The molecule has 2 heterocycles. The van der Waals surface area contributed by atoms with Gasteiger partial charge in [0.15, 0.2) is 0 Å². The van der Waals surface area contributed by atoms with Gasteiger partial charge in [-0.1, -0.05) is 12.1 Å². The van der Waals surface area contributed by atoms with Gasteiger partial charge in [-0.2, -0.15) is 13.2 Å². The van der Waals surface area contributed by atoms with Crippen molar-refractivity contribution in [2.24, 2.45) is 0 Å². The molecule has 152 valence electrons. The van der Waals surface area contributed by atoms with E-state index < -0.39 is 23.6 Å². The van der Waals surface area contributed by atoms with Gasteiger partial charge in [0, 0.05) is 17.1 Å². The number of hydrogen-bond acceptors (Lipinski definition) is 3. The molecule has 8 heteroatoms. The zero-order valence-corrected chi connectivity index (χ0v) is 16.3. The Balaban J connectivity index is 2.17. The summed E-state index contributed by atoms with van der Waals surface area (Å²) in [6, 6.07) is 6.96. The van der Waals surface area contributed by atoms with Crippen LogP contribution in [0.4, 0.5) is 13.2 Å². The number of rotatable bonds is 3. The molecule has 1 aliphatic heterocycles. The fraction of sp³-hybridized carbons (Fsp3) is 0.238. The van der Waals surface area contributed by atoms with Crippen LogP contribution in [0.5, 0.6) is 0 Å². The number of esters is 1. The van der Waals surface area contributed by atoms with Gasteiger partial charge in [0.1, 0.15) is 0 Å². The fourth-order valence-electron chi connectivity index (χ4n) is 3.49. The number of aromatic nitrogens is 1. The molecule has 0 fully saturated rings. The molecule has 1 aromatic carbocycles. The summed E-state index contributed by atoms with van der Waals surface area (Å²) in [5.74, 6) is -1.13. The van der Waals surface area contributed by atoms with E-state index in [-0.39, 0.29) is 16.8 Å². The molecule has 1 aromatic heterocycles. The van der Waals surface area contributed by atoms with Gasteiger partial charge in [0.05, 0.1) is 29.5 Å². The number of methoxy groups -OCH3 is 1. The van der Waals surface area contributed by atoms with E-state index in [0.29, 0.717) is 22.6 Å². The number of carbonyl (C=O) groups is 2. The monoisotopic (exact) mass is 404 g/mol. The number of aryl methyl sites for hydroxylation is 1. The first-order chi connectivity index (χ1) is 13.6. The Morgan fingerprint density at radius 3 is 2.45 bits per heavy atom. The van der Waals surface area contributed by atoms with E-state index in [2.05, 4.69) is 5.32 Å². The smallest absolute Gasteiger partial charge is 0.418 e. The molecule has 1 aliphatic rings. The van der Waals surface area contributed by atoms with Crippen molar-refractivity contribution in [2.75, 3.05) is 7.11 Å². The Bertz CT molecular complexity index is 1080. The molecule has 0 atom stereocenters. The lowest BCUT2D eigenvalue weighted by Crippen LogP contribution is -2.15. The zero-order valence-electron chi connectivity index (χ0n) is 16.3. The number of nitrogens with zero attached hydrogens (tertiary/aromatic N) is 1. The number of hydrogen-bond donors (Lipinski definition) is 1. The highest BCUT2D eigenvalue weighted by Gasteiger charge is 2.35. The molecule has 0 saturated carbocycles. The van der Waals surface area contributed by atoms with Gasteiger partial charge in [-0.25, -0.2) is 4.79 Å².